The molecule has 0 saturated heterocycles. The smallest absolute Gasteiger partial charge is 0.262 e. The molecular weight excluding hydrogens is 297 g/mol. The van der Waals surface area contributed by atoms with E-state index in [1.54, 1.807) is 45.3 Å². The fourth-order valence-corrected chi connectivity index (χ4v) is 2.07. The summed E-state index contributed by atoms with van der Waals surface area (Å²) in [5.41, 5.74) is 0.881. The van der Waals surface area contributed by atoms with Gasteiger partial charge in [0.2, 0.25) is 0 Å². The lowest BCUT2D eigenvalue weighted by Crippen LogP contribution is -2.35. The fourth-order valence-electron chi connectivity index (χ4n) is 2.07. The molecule has 0 saturated carbocycles. The highest BCUT2D eigenvalue weighted by Crippen LogP contribution is 2.17. The molecule has 4 nitrogen and oxygen atoms in total. The molecular formula is C18H18FNO3. The van der Waals surface area contributed by atoms with Crippen molar-refractivity contribution in [1.82, 2.24) is 4.90 Å². The molecule has 2 aromatic carbocycles. The first-order valence-corrected chi connectivity index (χ1v) is 7.16. The Morgan fingerprint density at radius 3 is 1.91 bits per heavy atom. The SMILES string of the molecule is C[C@H](Oc1ccc(C(=O)c2ccc(F)cc2)cc1)C(=O)N(C)C. The standard InChI is InChI=1S/C18H18FNO3/c1-12(18(22)20(2)3)23-16-10-6-14(7-11-16)17(21)13-4-8-15(19)9-5-13/h4-12H,1-3H3/t12-/m0/s1. The van der Waals surface area contributed by atoms with Crippen molar-refractivity contribution in [3.63, 3.8) is 0 Å². The molecule has 0 spiro atoms. The third-order valence-corrected chi connectivity index (χ3v) is 3.32. The highest BCUT2D eigenvalue weighted by molar-refractivity contribution is 6.09. The monoisotopic (exact) mass is 315 g/mol. The van der Waals surface area contributed by atoms with Gasteiger partial charge in [0, 0.05) is 25.2 Å². The Labute approximate surface area is 134 Å². The highest BCUT2D eigenvalue weighted by Gasteiger charge is 2.16. The van der Waals surface area contributed by atoms with Crippen LogP contribution in [0, 0.1) is 5.82 Å². The van der Waals surface area contributed by atoms with Crippen molar-refractivity contribution in [3.8, 4) is 5.75 Å². The van der Waals surface area contributed by atoms with Gasteiger partial charge in [0.05, 0.1) is 0 Å². The first-order valence-electron chi connectivity index (χ1n) is 7.16. The molecule has 5 heteroatoms. The third-order valence-electron chi connectivity index (χ3n) is 3.32. The lowest BCUT2D eigenvalue weighted by Gasteiger charge is -2.18. The van der Waals surface area contributed by atoms with Gasteiger partial charge in [0.1, 0.15) is 11.6 Å². The van der Waals surface area contributed by atoms with Crippen molar-refractivity contribution >= 4 is 11.7 Å². The summed E-state index contributed by atoms with van der Waals surface area (Å²) >= 11 is 0. The molecule has 0 aliphatic rings. The Morgan fingerprint density at radius 2 is 1.43 bits per heavy atom. The predicted molar refractivity (Wildman–Crippen MR) is 85.1 cm³/mol. The van der Waals surface area contributed by atoms with Gasteiger partial charge in [-0.1, -0.05) is 0 Å². The molecule has 120 valence electrons. The molecule has 0 aliphatic heterocycles. The number of hydrogen-bond acceptors (Lipinski definition) is 3. The third kappa shape index (κ3) is 4.16. The zero-order chi connectivity index (χ0) is 17.0. The largest absolute Gasteiger partial charge is 0.481 e. The number of rotatable bonds is 5. The number of halogens is 1. The molecule has 23 heavy (non-hydrogen) atoms. The molecule has 0 aromatic heterocycles. The van der Waals surface area contributed by atoms with Crippen LogP contribution in [0.1, 0.15) is 22.8 Å². The Hall–Kier alpha value is -2.69. The van der Waals surface area contributed by atoms with Crippen molar-refractivity contribution in [2.45, 2.75) is 13.0 Å². The van der Waals surface area contributed by atoms with Crippen molar-refractivity contribution in [2.24, 2.45) is 0 Å². The number of ketones is 1. The number of nitrogens with zero attached hydrogens (tertiary/aromatic N) is 1. The van der Waals surface area contributed by atoms with E-state index in [0.29, 0.717) is 16.9 Å². The van der Waals surface area contributed by atoms with E-state index in [0.717, 1.165) is 0 Å². The molecule has 2 rings (SSSR count). The van der Waals surface area contributed by atoms with Gasteiger partial charge >= 0.3 is 0 Å². The van der Waals surface area contributed by atoms with Gasteiger partial charge in [0.25, 0.3) is 5.91 Å². The number of ether oxygens (including phenoxy) is 1. The second-order valence-electron chi connectivity index (χ2n) is 5.35. The number of hydrogen-bond donors (Lipinski definition) is 0. The van der Waals surface area contributed by atoms with Crippen LogP contribution in [0.15, 0.2) is 48.5 Å². The number of benzene rings is 2. The van der Waals surface area contributed by atoms with Crippen molar-refractivity contribution in [2.75, 3.05) is 14.1 Å². The summed E-state index contributed by atoms with van der Waals surface area (Å²) in [6.07, 6.45) is -0.608. The summed E-state index contributed by atoms with van der Waals surface area (Å²) in [6.45, 7) is 1.67. The van der Waals surface area contributed by atoms with Gasteiger partial charge in [-0.15, -0.1) is 0 Å². The lowest BCUT2D eigenvalue weighted by molar-refractivity contribution is -0.135. The zero-order valence-electron chi connectivity index (χ0n) is 13.2. The van der Waals surface area contributed by atoms with Gasteiger partial charge in [-0.25, -0.2) is 4.39 Å². The molecule has 0 N–H and O–H groups in total. The topological polar surface area (TPSA) is 46.6 Å². The Bertz CT molecular complexity index is 693. The predicted octanol–water partition coefficient (Wildman–Crippen LogP) is 2.91. The van der Waals surface area contributed by atoms with E-state index in [4.69, 9.17) is 4.74 Å². The summed E-state index contributed by atoms with van der Waals surface area (Å²) in [5.74, 6) is -0.223. The molecule has 0 unspecified atom stereocenters. The quantitative estimate of drug-likeness (QED) is 0.797. The Kier molecular flexibility index (Phi) is 5.11. The summed E-state index contributed by atoms with van der Waals surface area (Å²) in [5, 5.41) is 0. The van der Waals surface area contributed by atoms with Crippen LogP contribution < -0.4 is 4.74 Å². The highest BCUT2D eigenvalue weighted by atomic mass is 19.1. The van der Waals surface area contributed by atoms with E-state index in [9.17, 15) is 14.0 Å². The second-order valence-corrected chi connectivity index (χ2v) is 5.35. The van der Waals surface area contributed by atoms with Crippen molar-refractivity contribution in [1.29, 1.82) is 0 Å². The van der Waals surface area contributed by atoms with Crippen LogP contribution in [0.2, 0.25) is 0 Å². The molecule has 2 aromatic rings. The average Bonchev–Trinajstić information content (AvgIpc) is 2.54. The van der Waals surface area contributed by atoms with E-state index in [2.05, 4.69) is 0 Å². The second kappa shape index (κ2) is 7.05. The van der Waals surface area contributed by atoms with E-state index >= 15 is 0 Å². The summed E-state index contributed by atoms with van der Waals surface area (Å²) in [6, 6.07) is 11.9. The van der Waals surface area contributed by atoms with Gasteiger partial charge in [-0.2, -0.15) is 0 Å². The minimum atomic E-state index is -0.608. The molecule has 0 heterocycles. The molecule has 1 atom stereocenters. The molecule has 1 amide bonds. The van der Waals surface area contributed by atoms with Gasteiger partial charge in [-0.3, -0.25) is 9.59 Å². The van der Waals surface area contributed by atoms with E-state index in [1.807, 2.05) is 0 Å². The molecule has 0 bridgehead atoms. The van der Waals surface area contributed by atoms with Gasteiger partial charge in [0.15, 0.2) is 11.9 Å². The fraction of sp³-hybridized carbons (Fsp3) is 0.222. The van der Waals surface area contributed by atoms with Gasteiger partial charge in [-0.05, 0) is 55.5 Å². The minimum absolute atomic E-state index is 0.142. The van der Waals surface area contributed by atoms with Crippen LogP contribution in [-0.2, 0) is 4.79 Å². The minimum Gasteiger partial charge on any atom is -0.481 e. The number of carbonyl (C=O) groups is 2. The van der Waals surface area contributed by atoms with Crippen LogP contribution in [0.3, 0.4) is 0 Å². The van der Waals surface area contributed by atoms with Crippen LogP contribution in [0.4, 0.5) is 4.39 Å². The van der Waals surface area contributed by atoms with Crippen LogP contribution in [0.5, 0.6) is 5.75 Å². The Morgan fingerprint density at radius 1 is 0.957 bits per heavy atom. The van der Waals surface area contributed by atoms with E-state index in [1.165, 1.54) is 29.2 Å². The summed E-state index contributed by atoms with van der Waals surface area (Å²) in [4.78, 5) is 25.5. The van der Waals surface area contributed by atoms with Crippen molar-refractivity contribution in [3.05, 3.63) is 65.5 Å². The molecule has 0 fully saturated rings. The first-order chi connectivity index (χ1) is 10.9. The first kappa shape index (κ1) is 16.7. The van der Waals surface area contributed by atoms with E-state index < -0.39 is 6.10 Å². The maximum atomic E-state index is 12.9. The van der Waals surface area contributed by atoms with Gasteiger partial charge < -0.3 is 9.64 Å². The lowest BCUT2D eigenvalue weighted by atomic mass is 10.0. The summed E-state index contributed by atoms with van der Waals surface area (Å²) in [7, 11) is 3.32. The van der Waals surface area contributed by atoms with Crippen LogP contribution >= 0.6 is 0 Å². The van der Waals surface area contributed by atoms with E-state index in [-0.39, 0.29) is 17.5 Å². The molecule has 0 aliphatic carbocycles. The molecule has 0 radical (unpaired) electrons. The van der Waals surface area contributed by atoms with Crippen molar-refractivity contribution < 1.29 is 18.7 Å². The number of amides is 1. The Balaban J connectivity index is 2.08. The summed E-state index contributed by atoms with van der Waals surface area (Å²) < 4.78 is 18.4. The number of likely N-dealkylation sites (N-methyl/N-ethyl adjacent to an activating group) is 1. The maximum absolute atomic E-state index is 12.9. The average molecular weight is 315 g/mol. The van der Waals surface area contributed by atoms with Crippen LogP contribution in [0.25, 0.3) is 0 Å². The maximum Gasteiger partial charge on any atom is 0.262 e. The zero-order valence-corrected chi connectivity index (χ0v) is 13.2. The number of carbonyl (C=O) groups excluding carboxylic acids is 2. The van der Waals surface area contributed by atoms with Crippen LogP contribution in [-0.4, -0.2) is 36.8 Å². The normalized spacial score (nSPS) is 11.7.